The molecule has 0 aliphatic rings. The van der Waals surface area contributed by atoms with Gasteiger partial charge in [0, 0.05) is 20.0 Å². The number of hydrogen-bond donors (Lipinski definition) is 2. The normalized spacial score (nSPS) is 10.5. The summed E-state index contributed by atoms with van der Waals surface area (Å²) in [5.41, 5.74) is 4.31. The standard InChI is InChI=1S/C21H20N4O7/c1-12(26)32-16-11-14(9-10-15(16)31-3)24(21(29)30)17-18(22)25(13-7-5-4-6-8-13)20(28)23(2)19(17)27/h4-11H,22H2,1-3H3,(H,29,30). The molecule has 2 aromatic carbocycles. The zero-order valence-electron chi connectivity index (χ0n) is 17.4. The third kappa shape index (κ3) is 3.90. The van der Waals surface area contributed by atoms with Gasteiger partial charge in [0.2, 0.25) is 0 Å². The smallest absolute Gasteiger partial charge is 0.416 e. The minimum atomic E-state index is -1.55. The molecule has 32 heavy (non-hydrogen) atoms. The highest BCUT2D eigenvalue weighted by Crippen LogP contribution is 2.35. The molecule has 3 aromatic rings. The number of nitrogens with two attached hydrogens (primary N) is 1. The minimum absolute atomic E-state index is 0.0587. The largest absolute Gasteiger partial charge is 0.493 e. The highest BCUT2D eigenvalue weighted by Gasteiger charge is 2.28. The average Bonchev–Trinajstić information content (AvgIpc) is 2.75. The van der Waals surface area contributed by atoms with Crippen molar-refractivity contribution >= 4 is 29.3 Å². The van der Waals surface area contributed by atoms with Crippen LogP contribution in [0.1, 0.15) is 6.92 Å². The number of carbonyl (C=O) groups excluding carboxylic acids is 1. The van der Waals surface area contributed by atoms with Crippen molar-refractivity contribution in [2.24, 2.45) is 7.05 Å². The van der Waals surface area contributed by atoms with Crippen LogP contribution in [0.4, 0.5) is 22.0 Å². The zero-order valence-corrected chi connectivity index (χ0v) is 17.4. The average molecular weight is 440 g/mol. The van der Waals surface area contributed by atoms with Crippen molar-refractivity contribution in [3.05, 3.63) is 69.4 Å². The van der Waals surface area contributed by atoms with Gasteiger partial charge in [-0.3, -0.25) is 14.2 Å². The third-order valence-electron chi connectivity index (χ3n) is 4.56. The molecule has 166 valence electrons. The molecule has 3 N–H and O–H groups in total. The summed E-state index contributed by atoms with van der Waals surface area (Å²) < 4.78 is 12.0. The topological polar surface area (TPSA) is 146 Å². The van der Waals surface area contributed by atoms with Crippen LogP contribution >= 0.6 is 0 Å². The van der Waals surface area contributed by atoms with Gasteiger partial charge in [0.15, 0.2) is 17.2 Å². The molecule has 0 fully saturated rings. The molecule has 1 heterocycles. The maximum atomic E-state index is 13.0. The molecule has 1 aromatic heterocycles. The second kappa shape index (κ2) is 8.68. The quantitative estimate of drug-likeness (QED) is 0.452. The van der Waals surface area contributed by atoms with Gasteiger partial charge in [0.05, 0.1) is 18.5 Å². The fourth-order valence-corrected chi connectivity index (χ4v) is 3.13. The number of aromatic nitrogens is 2. The number of anilines is 3. The van der Waals surface area contributed by atoms with Crippen LogP contribution in [0.25, 0.3) is 5.69 Å². The highest BCUT2D eigenvalue weighted by atomic mass is 16.6. The number of carboxylic acid groups (broad SMARTS) is 1. The summed E-state index contributed by atoms with van der Waals surface area (Å²) >= 11 is 0. The van der Waals surface area contributed by atoms with Gasteiger partial charge < -0.3 is 20.3 Å². The van der Waals surface area contributed by atoms with Crippen LogP contribution in [0.15, 0.2) is 58.1 Å². The number of nitrogens with zero attached hydrogens (tertiary/aromatic N) is 3. The second-order valence-electron chi connectivity index (χ2n) is 6.60. The molecule has 0 saturated carbocycles. The number of nitrogen functional groups attached to an aromatic ring is 1. The number of para-hydroxylation sites is 1. The number of carbonyl (C=O) groups is 2. The van der Waals surface area contributed by atoms with E-state index >= 15 is 0 Å². The van der Waals surface area contributed by atoms with Crippen LogP contribution in [0.3, 0.4) is 0 Å². The van der Waals surface area contributed by atoms with Crippen molar-refractivity contribution in [1.29, 1.82) is 0 Å². The van der Waals surface area contributed by atoms with Crippen LogP contribution in [0.2, 0.25) is 0 Å². The maximum Gasteiger partial charge on any atom is 0.416 e. The molecule has 0 unspecified atom stereocenters. The molecule has 0 saturated heterocycles. The van der Waals surface area contributed by atoms with Crippen LogP contribution in [-0.4, -0.2) is 33.4 Å². The summed E-state index contributed by atoms with van der Waals surface area (Å²) in [6.07, 6.45) is -1.55. The molecule has 0 aliphatic heterocycles. The van der Waals surface area contributed by atoms with Crippen LogP contribution in [0, 0.1) is 0 Å². The van der Waals surface area contributed by atoms with E-state index in [1.807, 2.05) is 0 Å². The van der Waals surface area contributed by atoms with Crippen molar-refractivity contribution < 1.29 is 24.2 Å². The van der Waals surface area contributed by atoms with Crippen molar-refractivity contribution in [1.82, 2.24) is 9.13 Å². The van der Waals surface area contributed by atoms with Crippen LogP contribution < -0.4 is 31.4 Å². The van der Waals surface area contributed by atoms with E-state index in [0.717, 1.165) is 9.13 Å². The second-order valence-corrected chi connectivity index (χ2v) is 6.60. The fourth-order valence-electron chi connectivity index (χ4n) is 3.13. The van der Waals surface area contributed by atoms with Crippen molar-refractivity contribution in [3.8, 4) is 17.2 Å². The lowest BCUT2D eigenvalue weighted by Crippen LogP contribution is -2.43. The number of amides is 1. The molecule has 3 rings (SSSR count). The predicted molar refractivity (Wildman–Crippen MR) is 116 cm³/mol. The Labute approximate surface area is 181 Å². The van der Waals surface area contributed by atoms with Crippen LogP contribution in [0.5, 0.6) is 11.5 Å². The highest BCUT2D eigenvalue weighted by molar-refractivity contribution is 5.98. The Morgan fingerprint density at radius 1 is 1.06 bits per heavy atom. The number of methoxy groups -OCH3 is 1. The molecule has 11 nitrogen and oxygen atoms in total. The zero-order chi connectivity index (χ0) is 23.6. The Morgan fingerprint density at radius 2 is 1.72 bits per heavy atom. The van der Waals surface area contributed by atoms with Gasteiger partial charge in [-0.05, 0) is 24.3 Å². The summed E-state index contributed by atoms with van der Waals surface area (Å²) in [5.74, 6) is -0.924. The molecule has 0 bridgehead atoms. The van der Waals surface area contributed by atoms with E-state index in [1.54, 1.807) is 30.3 Å². The first-order valence-electron chi connectivity index (χ1n) is 9.23. The Balaban J connectivity index is 2.32. The van der Waals surface area contributed by atoms with E-state index in [1.165, 1.54) is 39.3 Å². The number of esters is 1. The lowest BCUT2D eigenvalue weighted by atomic mass is 10.2. The molecular weight excluding hydrogens is 420 g/mol. The lowest BCUT2D eigenvalue weighted by molar-refractivity contribution is -0.132. The first kappa shape index (κ1) is 22.2. The third-order valence-corrected chi connectivity index (χ3v) is 4.56. The summed E-state index contributed by atoms with van der Waals surface area (Å²) in [4.78, 5) is 50.0. The van der Waals surface area contributed by atoms with E-state index in [9.17, 15) is 24.3 Å². The SMILES string of the molecule is COc1ccc(N(C(=O)O)c2c(N)n(-c3ccccc3)c(=O)n(C)c2=O)cc1OC(C)=O. The molecule has 1 amide bonds. The van der Waals surface area contributed by atoms with Gasteiger partial charge in [-0.1, -0.05) is 18.2 Å². The van der Waals surface area contributed by atoms with Gasteiger partial charge in [-0.2, -0.15) is 0 Å². The molecular formula is C21H20N4O7. The van der Waals surface area contributed by atoms with Crippen molar-refractivity contribution in [2.45, 2.75) is 6.92 Å². The van der Waals surface area contributed by atoms with Gasteiger partial charge >= 0.3 is 17.8 Å². The van der Waals surface area contributed by atoms with Gasteiger partial charge in [-0.15, -0.1) is 0 Å². The molecule has 11 heteroatoms. The van der Waals surface area contributed by atoms with E-state index in [-0.39, 0.29) is 23.0 Å². The summed E-state index contributed by atoms with van der Waals surface area (Å²) in [7, 11) is 2.56. The minimum Gasteiger partial charge on any atom is -0.493 e. The number of ether oxygens (including phenoxy) is 2. The lowest BCUT2D eigenvalue weighted by Gasteiger charge is -2.23. The van der Waals surface area contributed by atoms with Gasteiger partial charge in [0.1, 0.15) is 5.82 Å². The Kier molecular flexibility index (Phi) is 6.01. The summed E-state index contributed by atoms with van der Waals surface area (Å²) in [6, 6.07) is 12.2. The Bertz CT molecular complexity index is 1310. The van der Waals surface area contributed by atoms with E-state index < -0.39 is 29.0 Å². The van der Waals surface area contributed by atoms with Crippen molar-refractivity contribution in [2.75, 3.05) is 17.7 Å². The monoisotopic (exact) mass is 440 g/mol. The first-order chi connectivity index (χ1) is 15.2. The molecule has 0 radical (unpaired) electrons. The molecule has 0 aliphatic carbocycles. The van der Waals surface area contributed by atoms with Crippen LogP contribution in [-0.2, 0) is 11.8 Å². The summed E-state index contributed by atoms with van der Waals surface area (Å²) in [6.45, 7) is 1.17. The van der Waals surface area contributed by atoms with E-state index in [2.05, 4.69) is 0 Å². The molecule has 0 atom stereocenters. The summed E-state index contributed by atoms with van der Waals surface area (Å²) in [5, 5.41) is 9.95. The first-order valence-corrected chi connectivity index (χ1v) is 9.23. The van der Waals surface area contributed by atoms with Gasteiger partial charge in [0.25, 0.3) is 5.56 Å². The number of hydrogen-bond acceptors (Lipinski definition) is 7. The van der Waals surface area contributed by atoms with Crippen molar-refractivity contribution in [3.63, 3.8) is 0 Å². The fraction of sp³-hybridized carbons (Fsp3) is 0.143. The van der Waals surface area contributed by atoms with E-state index in [4.69, 9.17) is 15.2 Å². The maximum absolute atomic E-state index is 13.0. The Morgan fingerprint density at radius 3 is 2.28 bits per heavy atom. The predicted octanol–water partition coefficient (Wildman–Crippen LogP) is 1.87. The van der Waals surface area contributed by atoms with Gasteiger partial charge in [-0.25, -0.2) is 19.1 Å². The molecule has 0 spiro atoms. The Hall–Kier alpha value is -4.54. The number of benzene rings is 2. The number of rotatable bonds is 5. The van der Waals surface area contributed by atoms with E-state index in [0.29, 0.717) is 10.6 Å².